The molecule has 2 aromatic rings. The number of hydrogen-bond donors (Lipinski definition) is 2. The Morgan fingerprint density at radius 2 is 2.00 bits per heavy atom. The minimum atomic E-state index is -0.477. The highest BCUT2D eigenvalue weighted by Gasteiger charge is 2.22. The van der Waals surface area contributed by atoms with Crippen molar-refractivity contribution < 1.29 is 14.0 Å². The number of urea groups is 1. The molecule has 6 nitrogen and oxygen atoms in total. The van der Waals surface area contributed by atoms with Crippen molar-refractivity contribution in [1.29, 1.82) is 0 Å². The van der Waals surface area contributed by atoms with Crippen molar-refractivity contribution in [2.45, 2.75) is 55.5 Å². The maximum atomic E-state index is 12.2. The van der Waals surface area contributed by atoms with Gasteiger partial charge in [0.15, 0.2) is 5.58 Å². The number of carbonyl (C=O) groups is 2. The van der Waals surface area contributed by atoms with Gasteiger partial charge >= 0.3 is 6.03 Å². The van der Waals surface area contributed by atoms with Crippen LogP contribution in [0, 0.1) is 0 Å². The third-order valence-corrected chi connectivity index (χ3v) is 5.04. The van der Waals surface area contributed by atoms with E-state index < -0.39 is 11.3 Å². The molecule has 1 saturated carbocycles. The van der Waals surface area contributed by atoms with Gasteiger partial charge in [-0.15, -0.1) is 0 Å². The molecular weight excluding hydrogens is 326 g/mol. The number of benzene rings is 1. The number of nitrogens with one attached hydrogen (secondary N) is 2. The van der Waals surface area contributed by atoms with Gasteiger partial charge in [0.05, 0.1) is 5.25 Å². The first-order valence-corrected chi connectivity index (χ1v) is 9.13. The molecule has 1 atom stereocenters. The van der Waals surface area contributed by atoms with E-state index in [1.165, 1.54) is 18.2 Å². The molecule has 1 aliphatic rings. The van der Waals surface area contributed by atoms with E-state index in [1.54, 1.807) is 6.92 Å². The van der Waals surface area contributed by atoms with E-state index in [0.717, 1.165) is 31.2 Å². The van der Waals surface area contributed by atoms with E-state index in [1.807, 2.05) is 24.3 Å². The number of carbonyl (C=O) groups excluding carboxylic acids is 2. The number of oxazole rings is 1. The van der Waals surface area contributed by atoms with E-state index in [2.05, 4.69) is 15.6 Å². The first-order chi connectivity index (χ1) is 11.6. The van der Waals surface area contributed by atoms with Gasteiger partial charge in [-0.2, -0.15) is 0 Å². The third-order valence-electron chi connectivity index (χ3n) is 4.10. The molecule has 1 aromatic heterocycles. The van der Waals surface area contributed by atoms with Gasteiger partial charge in [0.2, 0.25) is 5.91 Å². The monoisotopic (exact) mass is 347 g/mol. The number of rotatable bonds is 4. The minimum absolute atomic E-state index is 0.173. The third kappa shape index (κ3) is 4.29. The second-order valence-electron chi connectivity index (χ2n) is 6.01. The van der Waals surface area contributed by atoms with Crippen LogP contribution in [0.2, 0.25) is 0 Å². The van der Waals surface area contributed by atoms with Crippen LogP contribution in [0.15, 0.2) is 33.9 Å². The average molecular weight is 347 g/mol. The molecule has 24 heavy (non-hydrogen) atoms. The Kier molecular flexibility index (Phi) is 5.40. The highest BCUT2D eigenvalue weighted by molar-refractivity contribution is 8.00. The quantitative estimate of drug-likeness (QED) is 0.827. The standard InChI is InChI=1S/C17H21N3O3S/c1-11(24-17-19-13-9-5-6-10-14(13)23-17)15(21)20-16(22)18-12-7-3-2-4-8-12/h5-6,9-12H,2-4,7-8H2,1H3,(H2,18,20,21,22)/t11-/m1/s1. The molecule has 2 N–H and O–H groups in total. The van der Waals surface area contributed by atoms with E-state index in [0.29, 0.717) is 10.8 Å². The summed E-state index contributed by atoms with van der Waals surface area (Å²) in [7, 11) is 0. The Bertz CT molecular complexity index is 692. The number of imide groups is 1. The predicted molar refractivity (Wildman–Crippen MR) is 92.9 cm³/mol. The van der Waals surface area contributed by atoms with Crippen molar-refractivity contribution >= 4 is 34.8 Å². The van der Waals surface area contributed by atoms with Crippen molar-refractivity contribution in [3.63, 3.8) is 0 Å². The molecule has 3 rings (SSSR count). The number of fused-ring (bicyclic) bond motifs is 1. The fourth-order valence-electron chi connectivity index (χ4n) is 2.79. The van der Waals surface area contributed by atoms with E-state index in [9.17, 15) is 9.59 Å². The van der Waals surface area contributed by atoms with Gasteiger partial charge in [-0.1, -0.05) is 43.2 Å². The fourth-order valence-corrected chi connectivity index (χ4v) is 3.55. The van der Waals surface area contributed by atoms with Gasteiger partial charge in [0.25, 0.3) is 5.22 Å². The zero-order valence-electron chi connectivity index (χ0n) is 13.6. The lowest BCUT2D eigenvalue weighted by atomic mass is 9.96. The lowest BCUT2D eigenvalue weighted by Gasteiger charge is -2.22. The summed E-state index contributed by atoms with van der Waals surface area (Å²) in [5.41, 5.74) is 1.44. The van der Waals surface area contributed by atoms with Crippen LogP contribution >= 0.6 is 11.8 Å². The zero-order valence-corrected chi connectivity index (χ0v) is 14.4. The maximum absolute atomic E-state index is 12.2. The van der Waals surface area contributed by atoms with Crippen molar-refractivity contribution in [3.8, 4) is 0 Å². The summed E-state index contributed by atoms with van der Waals surface area (Å²) < 4.78 is 5.59. The molecule has 0 radical (unpaired) electrons. The Labute approximate surface area is 144 Å². The topological polar surface area (TPSA) is 84.2 Å². The van der Waals surface area contributed by atoms with Crippen molar-refractivity contribution in [1.82, 2.24) is 15.6 Å². The van der Waals surface area contributed by atoms with Gasteiger partial charge in [0, 0.05) is 6.04 Å². The van der Waals surface area contributed by atoms with Crippen LogP contribution < -0.4 is 10.6 Å². The van der Waals surface area contributed by atoms with Crippen molar-refractivity contribution in [2.24, 2.45) is 0 Å². The average Bonchev–Trinajstić information content (AvgIpc) is 2.97. The van der Waals surface area contributed by atoms with E-state index in [-0.39, 0.29) is 11.9 Å². The normalized spacial score (nSPS) is 16.7. The smallest absolute Gasteiger partial charge is 0.321 e. The number of aromatic nitrogens is 1. The number of para-hydroxylation sites is 2. The molecule has 0 unspecified atom stereocenters. The minimum Gasteiger partial charge on any atom is -0.431 e. The Balaban J connectivity index is 1.51. The molecular formula is C17H21N3O3S. The van der Waals surface area contributed by atoms with Gasteiger partial charge in [0.1, 0.15) is 5.52 Å². The van der Waals surface area contributed by atoms with Crippen LogP contribution in [0.25, 0.3) is 11.1 Å². The number of hydrogen-bond acceptors (Lipinski definition) is 5. The molecule has 3 amide bonds. The molecule has 1 aliphatic carbocycles. The van der Waals surface area contributed by atoms with Crippen LogP contribution in [0.3, 0.4) is 0 Å². The summed E-state index contributed by atoms with van der Waals surface area (Å²) >= 11 is 1.20. The van der Waals surface area contributed by atoms with Crippen LogP contribution in [0.4, 0.5) is 4.79 Å². The summed E-state index contributed by atoms with van der Waals surface area (Å²) in [5, 5.41) is 5.22. The molecule has 0 aliphatic heterocycles. The van der Waals surface area contributed by atoms with Crippen molar-refractivity contribution in [2.75, 3.05) is 0 Å². The molecule has 0 bridgehead atoms. The Morgan fingerprint density at radius 1 is 1.25 bits per heavy atom. The number of amides is 3. The van der Waals surface area contributed by atoms with Crippen molar-refractivity contribution in [3.05, 3.63) is 24.3 Å². The number of nitrogens with zero attached hydrogens (tertiary/aromatic N) is 1. The summed E-state index contributed by atoms with van der Waals surface area (Å²) in [6, 6.07) is 7.18. The zero-order chi connectivity index (χ0) is 16.9. The van der Waals surface area contributed by atoms with E-state index in [4.69, 9.17) is 4.42 Å². The van der Waals surface area contributed by atoms with E-state index >= 15 is 0 Å². The van der Waals surface area contributed by atoms with Crippen LogP contribution in [0.5, 0.6) is 0 Å². The first kappa shape index (κ1) is 16.8. The number of thioether (sulfide) groups is 1. The molecule has 0 saturated heterocycles. The maximum Gasteiger partial charge on any atom is 0.321 e. The Hall–Kier alpha value is -2.02. The van der Waals surface area contributed by atoms with Crippen LogP contribution in [-0.4, -0.2) is 28.2 Å². The summed E-state index contributed by atoms with van der Waals surface area (Å²) in [4.78, 5) is 28.4. The molecule has 128 valence electrons. The lowest BCUT2D eigenvalue weighted by Crippen LogP contribution is -2.47. The summed E-state index contributed by atoms with van der Waals surface area (Å²) in [5.74, 6) is -0.351. The highest BCUT2D eigenvalue weighted by Crippen LogP contribution is 2.26. The van der Waals surface area contributed by atoms with Gasteiger partial charge in [-0.3, -0.25) is 10.1 Å². The second kappa shape index (κ2) is 7.70. The predicted octanol–water partition coefficient (Wildman–Crippen LogP) is 3.47. The molecule has 7 heteroatoms. The summed E-state index contributed by atoms with van der Waals surface area (Å²) in [6.07, 6.45) is 5.44. The first-order valence-electron chi connectivity index (χ1n) is 8.25. The van der Waals surface area contributed by atoms with Crippen LogP contribution in [0.1, 0.15) is 39.0 Å². The lowest BCUT2D eigenvalue weighted by molar-refractivity contribution is -0.119. The Morgan fingerprint density at radius 3 is 2.75 bits per heavy atom. The molecule has 1 aromatic carbocycles. The van der Waals surface area contributed by atoms with Gasteiger partial charge in [-0.25, -0.2) is 9.78 Å². The molecule has 0 spiro atoms. The van der Waals surface area contributed by atoms with Crippen LogP contribution in [-0.2, 0) is 4.79 Å². The fraction of sp³-hybridized carbons (Fsp3) is 0.471. The second-order valence-corrected chi connectivity index (χ2v) is 7.30. The highest BCUT2D eigenvalue weighted by atomic mass is 32.2. The van der Waals surface area contributed by atoms with Gasteiger partial charge in [-0.05, 0) is 31.9 Å². The SMILES string of the molecule is C[C@@H](Sc1nc2ccccc2o1)C(=O)NC(=O)NC1CCCCC1. The molecule has 1 heterocycles. The molecule has 1 fully saturated rings. The van der Waals surface area contributed by atoms with Gasteiger partial charge < -0.3 is 9.73 Å². The summed E-state index contributed by atoms with van der Waals surface area (Å²) in [6.45, 7) is 1.72. The largest absolute Gasteiger partial charge is 0.431 e.